The van der Waals surface area contributed by atoms with Gasteiger partial charge in [-0.3, -0.25) is 4.79 Å². The Bertz CT molecular complexity index is 1020. The van der Waals surface area contributed by atoms with Gasteiger partial charge >= 0.3 is 0 Å². The molecule has 1 amide bonds. The van der Waals surface area contributed by atoms with E-state index in [0.717, 1.165) is 56.2 Å². The predicted molar refractivity (Wildman–Crippen MR) is 134 cm³/mol. The van der Waals surface area contributed by atoms with Crippen molar-refractivity contribution >= 4 is 29.4 Å². The van der Waals surface area contributed by atoms with E-state index in [0.29, 0.717) is 22.9 Å². The summed E-state index contributed by atoms with van der Waals surface area (Å²) in [4.78, 5) is 21.4. The lowest BCUT2D eigenvalue weighted by Gasteiger charge is -2.23. The summed E-state index contributed by atoms with van der Waals surface area (Å²) in [6, 6.07) is 6.07. The van der Waals surface area contributed by atoms with Gasteiger partial charge in [0, 0.05) is 45.0 Å². The highest BCUT2D eigenvalue weighted by atomic mass is 16.2. The van der Waals surface area contributed by atoms with Crippen LogP contribution in [0.25, 0.3) is 0 Å². The van der Waals surface area contributed by atoms with E-state index in [9.17, 15) is 4.79 Å². The van der Waals surface area contributed by atoms with E-state index in [1.807, 2.05) is 12.3 Å². The topological polar surface area (TPSA) is 89.3 Å². The molecule has 1 atom stereocenters. The second-order valence-electron chi connectivity index (χ2n) is 9.46. The Kier molecular flexibility index (Phi) is 6.72. The van der Waals surface area contributed by atoms with E-state index in [4.69, 9.17) is 5.41 Å². The van der Waals surface area contributed by atoms with Gasteiger partial charge in [-0.2, -0.15) is 0 Å². The van der Waals surface area contributed by atoms with Crippen molar-refractivity contribution in [1.29, 1.82) is 5.41 Å². The van der Waals surface area contributed by atoms with E-state index < -0.39 is 0 Å². The summed E-state index contributed by atoms with van der Waals surface area (Å²) >= 11 is 0. The van der Waals surface area contributed by atoms with Crippen LogP contribution in [0.1, 0.15) is 61.1 Å². The van der Waals surface area contributed by atoms with Crippen LogP contribution in [0.4, 0.5) is 17.3 Å². The van der Waals surface area contributed by atoms with Crippen molar-refractivity contribution in [3.05, 3.63) is 48.1 Å². The Balaban J connectivity index is 1.53. The standard InChI is InChI=1S/C25H35N7O/c1-17-11-12-31(16-17)21-9-10-23(27-15-21)28-18(2)29-24-19(14-26)13-22(25(33)30(3)4)32(24)20-7-5-6-8-20/h9-10,13-15,17,20,26,29H,2,5-8,11-12,16H2,1,3-4H3,(H,27,28). The van der Waals surface area contributed by atoms with Crippen molar-refractivity contribution in [2.45, 2.75) is 45.1 Å². The first kappa shape index (κ1) is 22.9. The quantitative estimate of drug-likeness (QED) is 0.515. The molecule has 2 fully saturated rings. The maximum absolute atomic E-state index is 12.9. The fraction of sp³-hybridized carbons (Fsp3) is 0.480. The minimum Gasteiger partial charge on any atom is -0.370 e. The Hall–Kier alpha value is -3.29. The normalized spacial score (nSPS) is 18.4. The third-order valence-corrected chi connectivity index (χ3v) is 6.62. The van der Waals surface area contributed by atoms with Gasteiger partial charge in [-0.05, 0) is 43.4 Å². The molecule has 1 saturated carbocycles. The van der Waals surface area contributed by atoms with Gasteiger partial charge in [0.25, 0.3) is 5.91 Å². The maximum Gasteiger partial charge on any atom is 0.270 e. The molecule has 3 heterocycles. The zero-order valence-corrected chi connectivity index (χ0v) is 19.9. The molecule has 1 unspecified atom stereocenters. The van der Waals surface area contributed by atoms with Crippen molar-refractivity contribution < 1.29 is 4.79 Å². The molecule has 1 aliphatic heterocycles. The number of anilines is 3. The maximum atomic E-state index is 12.9. The van der Waals surface area contributed by atoms with E-state index in [-0.39, 0.29) is 11.9 Å². The van der Waals surface area contributed by atoms with Crippen molar-refractivity contribution in [2.24, 2.45) is 5.92 Å². The lowest BCUT2D eigenvalue weighted by Crippen LogP contribution is -2.26. The molecule has 4 rings (SSSR count). The van der Waals surface area contributed by atoms with Gasteiger partial charge in [0.1, 0.15) is 23.2 Å². The van der Waals surface area contributed by atoms with Crippen LogP contribution in [0.2, 0.25) is 0 Å². The summed E-state index contributed by atoms with van der Waals surface area (Å²) in [5.41, 5.74) is 2.40. The van der Waals surface area contributed by atoms with Crippen molar-refractivity contribution in [2.75, 3.05) is 42.7 Å². The lowest BCUT2D eigenvalue weighted by atomic mass is 10.2. The van der Waals surface area contributed by atoms with Gasteiger partial charge in [-0.1, -0.05) is 26.3 Å². The molecule has 3 N–H and O–H groups in total. The molecule has 1 saturated heterocycles. The van der Waals surface area contributed by atoms with Crippen LogP contribution in [0.3, 0.4) is 0 Å². The average Bonchev–Trinajstić information content (AvgIpc) is 3.53. The molecule has 176 valence electrons. The number of aromatic nitrogens is 2. The molecule has 8 heteroatoms. The highest BCUT2D eigenvalue weighted by Crippen LogP contribution is 2.36. The second kappa shape index (κ2) is 9.68. The van der Waals surface area contributed by atoms with Crippen LogP contribution < -0.4 is 15.5 Å². The summed E-state index contributed by atoms with van der Waals surface area (Å²) in [7, 11) is 3.51. The van der Waals surface area contributed by atoms with Crippen LogP contribution in [-0.4, -0.2) is 53.8 Å². The van der Waals surface area contributed by atoms with E-state index in [1.54, 1.807) is 25.1 Å². The summed E-state index contributed by atoms with van der Waals surface area (Å²) in [6.07, 6.45) is 8.73. The zero-order chi connectivity index (χ0) is 23.5. The first-order valence-electron chi connectivity index (χ1n) is 11.8. The first-order chi connectivity index (χ1) is 15.9. The van der Waals surface area contributed by atoms with Gasteiger partial charge in [0.2, 0.25) is 0 Å². The Morgan fingerprint density at radius 2 is 2.00 bits per heavy atom. The second-order valence-corrected chi connectivity index (χ2v) is 9.46. The Morgan fingerprint density at radius 1 is 1.24 bits per heavy atom. The highest BCUT2D eigenvalue weighted by molar-refractivity contribution is 5.98. The van der Waals surface area contributed by atoms with Crippen LogP contribution in [0.15, 0.2) is 36.8 Å². The Labute approximate surface area is 196 Å². The fourth-order valence-corrected chi connectivity index (χ4v) is 4.87. The first-order valence-corrected chi connectivity index (χ1v) is 11.8. The monoisotopic (exact) mass is 449 g/mol. The van der Waals surface area contributed by atoms with Gasteiger partial charge < -0.3 is 30.4 Å². The fourth-order valence-electron chi connectivity index (χ4n) is 4.87. The van der Waals surface area contributed by atoms with Gasteiger partial charge in [-0.25, -0.2) is 4.98 Å². The SMILES string of the molecule is C=C(Nc1ccc(N2CCC(C)C2)cn1)Nc1c(C=N)cc(C(=O)N(C)C)n1C1CCCC1. The highest BCUT2D eigenvalue weighted by Gasteiger charge is 2.28. The Morgan fingerprint density at radius 3 is 2.58 bits per heavy atom. The molecule has 0 aromatic carbocycles. The van der Waals surface area contributed by atoms with Crippen molar-refractivity contribution in [3.8, 4) is 0 Å². The third kappa shape index (κ3) is 4.89. The van der Waals surface area contributed by atoms with E-state index in [2.05, 4.69) is 44.7 Å². The van der Waals surface area contributed by atoms with Crippen molar-refractivity contribution in [3.63, 3.8) is 0 Å². The lowest BCUT2D eigenvalue weighted by molar-refractivity contribution is 0.0815. The minimum absolute atomic E-state index is 0.0647. The number of carbonyl (C=O) groups excluding carboxylic acids is 1. The van der Waals surface area contributed by atoms with E-state index in [1.165, 1.54) is 12.6 Å². The van der Waals surface area contributed by atoms with Gasteiger partial charge in [0.05, 0.1) is 11.9 Å². The van der Waals surface area contributed by atoms with Crippen LogP contribution >= 0.6 is 0 Å². The van der Waals surface area contributed by atoms with Gasteiger partial charge in [-0.15, -0.1) is 0 Å². The number of nitrogens with one attached hydrogen (secondary N) is 3. The number of rotatable bonds is 8. The number of hydrogen-bond acceptors (Lipinski definition) is 6. The molecular weight excluding hydrogens is 414 g/mol. The van der Waals surface area contributed by atoms with Crippen LogP contribution in [-0.2, 0) is 0 Å². The number of carbonyl (C=O) groups is 1. The molecule has 8 nitrogen and oxygen atoms in total. The summed E-state index contributed by atoms with van der Waals surface area (Å²) in [5.74, 6) is 2.63. The molecule has 2 aromatic rings. The smallest absolute Gasteiger partial charge is 0.270 e. The summed E-state index contributed by atoms with van der Waals surface area (Å²) < 4.78 is 2.06. The van der Waals surface area contributed by atoms with Crippen molar-refractivity contribution in [1.82, 2.24) is 14.5 Å². The minimum atomic E-state index is -0.0647. The van der Waals surface area contributed by atoms with Crippen LogP contribution in [0, 0.1) is 11.3 Å². The molecular formula is C25H35N7O. The zero-order valence-electron chi connectivity index (χ0n) is 19.9. The number of pyridine rings is 1. The summed E-state index contributed by atoms with van der Waals surface area (Å²) in [5, 5.41) is 14.5. The largest absolute Gasteiger partial charge is 0.370 e. The molecule has 33 heavy (non-hydrogen) atoms. The molecule has 0 spiro atoms. The predicted octanol–water partition coefficient (Wildman–Crippen LogP) is 4.54. The van der Waals surface area contributed by atoms with Crippen LogP contribution in [0.5, 0.6) is 0 Å². The molecule has 0 radical (unpaired) electrons. The van der Waals surface area contributed by atoms with E-state index >= 15 is 0 Å². The number of amides is 1. The molecule has 2 aliphatic rings. The van der Waals surface area contributed by atoms with Gasteiger partial charge in [0.15, 0.2) is 0 Å². The molecule has 1 aliphatic carbocycles. The number of hydrogen-bond donors (Lipinski definition) is 3. The average molecular weight is 450 g/mol. The number of nitrogens with zero attached hydrogens (tertiary/aromatic N) is 4. The summed E-state index contributed by atoms with van der Waals surface area (Å²) in [6.45, 7) is 8.55. The molecule has 2 aromatic heterocycles. The molecule has 0 bridgehead atoms. The third-order valence-electron chi connectivity index (χ3n) is 6.62.